The fourth-order valence-electron chi connectivity index (χ4n) is 0.569. The van der Waals surface area contributed by atoms with Gasteiger partial charge in [0.25, 0.3) is 6.43 Å². The molecule has 0 saturated heterocycles. The Balaban J connectivity index is 4.52. The van der Waals surface area contributed by atoms with Crippen LogP contribution in [-0.2, 0) is 0 Å². The van der Waals surface area contributed by atoms with Gasteiger partial charge in [-0.05, 0) is 0 Å². The Morgan fingerprint density at radius 2 is 2.18 bits per heavy atom. The molecule has 0 aromatic heterocycles. The third-order valence-corrected chi connectivity index (χ3v) is 1.13. The highest BCUT2D eigenvalue weighted by Crippen LogP contribution is 2.10. The van der Waals surface area contributed by atoms with E-state index in [4.69, 9.17) is 11.1 Å². The van der Waals surface area contributed by atoms with E-state index in [-0.39, 0.29) is 12.1 Å². The van der Waals surface area contributed by atoms with Gasteiger partial charge in [0, 0.05) is 18.3 Å². The molecule has 0 aliphatic carbocycles. The van der Waals surface area contributed by atoms with Gasteiger partial charge in [-0.2, -0.15) is 0 Å². The second kappa shape index (κ2) is 4.60. The molecule has 0 aromatic carbocycles. The highest BCUT2D eigenvalue weighted by molar-refractivity contribution is 5.77. The number of nitrogens with two attached hydrogens (primary N) is 1. The molecule has 0 bridgehead atoms. The van der Waals surface area contributed by atoms with Gasteiger partial charge in [0.2, 0.25) is 0 Å². The monoisotopic (exact) mass is 160 g/mol. The van der Waals surface area contributed by atoms with Crippen molar-refractivity contribution in [2.24, 2.45) is 5.73 Å². The van der Waals surface area contributed by atoms with Crippen LogP contribution in [0.1, 0.15) is 6.42 Å². The number of alkyl halides is 2. The molecule has 0 saturated carbocycles. The van der Waals surface area contributed by atoms with E-state index in [2.05, 4.69) is 6.58 Å². The lowest BCUT2D eigenvalue weighted by atomic mass is 10.2. The molecule has 0 rings (SSSR count). The third-order valence-electron chi connectivity index (χ3n) is 1.13. The Morgan fingerprint density at radius 3 is 2.45 bits per heavy atom. The topological polar surface area (TPSA) is 49.9 Å². The number of hydrogen-bond donors (Lipinski definition) is 2. The molecule has 0 aromatic rings. The van der Waals surface area contributed by atoms with Gasteiger partial charge in [-0.1, -0.05) is 6.08 Å². The number of hydrogen-bond acceptors (Lipinski definition) is 2. The average Bonchev–Trinajstić information content (AvgIpc) is 1.88. The van der Waals surface area contributed by atoms with Gasteiger partial charge in [-0.25, -0.2) is 8.78 Å². The summed E-state index contributed by atoms with van der Waals surface area (Å²) in [6.07, 6.45) is -0.493. The molecule has 0 heterocycles. The van der Waals surface area contributed by atoms with Crippen molar-refractivity contribution in [3.8, 4) is 0 Å². The summed E-state index contributed by atoms with van der Waals surface area (Å²) in [5, 5.41) is 6.62. The van der Waals surface area contributed by atoms with E-state index in [9.17, 15) is 8.78 Å². The summed E-state index contributed by atoms with van der Waals surface area (Å²) in [5.74, 6) is 0. The Morgan fingerprint density at radius 1 is 1.64 bits per heavy atom. The van der Waals surface area contributed by atoms with E-state index in [1.165, 1.54) is 6.08 Å². The third kappa shape index (κ3) is 2.93. The first-order valence-electron chi connectivity index (χ1n) is 3.01. The minimum atomic E-state index is -2.67. The van der Waals surface area contributed by atoms with Gasteiger partial charge >= 0.3 is 0 Å². The fourth-order valence-corrected chi connectivity index (χ4v) is 0.569. The first-order valence-corrected chi connectivity index (χ1v) is 3.01. The Kier molecular flexibility index (Phi) is 4.10. The highest BCUT2D eigenvalue weighted by atomic mass is 19.3. The summed E-state index contributed by atoms with van der Waals surface area (Å²) in [5.41, 5.74) is 4.80. The summed E-state index contributed by atoms with van der Waals surface area (Å²) in [4.78, 5) is 0. The van der Waals surface area contributed by atoms with Crippen molar-refractivity contribution in [1.29, 1.82) is 5.41 Å². The van der Waals surface area contributed by atoms with Gasteiger partial charge in [0.1, 0.15) is 0 Å². The van der Waals surface area contributed by atoms with Gasteiger partial charge in [-0.3, -0.25) is 0 Å². The van der Waals surface area contributed by atoms with Crippen LogP contribution < -0.4 is 5.73 Å². The lowest BCUT2D eigenvalue weighted by Gasteiger charge is -2.03. The average molecular weight is 160 g/mol. The van der Waals surface area contributed by atoms with E-state index in [0.717, 1.165) is 0 Å². The molecule has 0 amide bonds. The Hall–Kier alpha value is -1.19. The van der Waals surface area contributed by atoms with Crippen LogP contribution in [0, 0.1) is 5.41 Å². The molecule has 3 N–H and O–H groups in total. The van der Waals surface area contributed by atoms with Crippen molar-refractivity contribution in [3.05, 3.63) is 23.9 Å². The molecule has 0 spiro atoms. The zero-order valence-electron chi connectivity index (χ0n) is 5.98. The first kappa shape index (κ1) is 9.81. The van der Waals surface area contributed by atoms with Crippen molar-refractivity contribution in [2.45, 2.75) is 12.8 Å². The molecule has 0 radical (unpaired) electrons. The van der Waals surface area contributed by atoms with Gasteiger partial charge in [0.15, 0.2) is 0 Å². The molecule has 0 unspecified atom stereocenters. The number of nitrogens with one attached hydrogen (secondary N) is 1. The van der Waals surface area contributed by atoms with Gasteiger partial charge in [-0.15, -0.1) is 6.58 Å². The summed E-state index contributed by atoms with van der Waals surface area (Å²) >= 11 is 0. The lowest BCUT2D eigenvalue weighted by molar-refractivity contribution is 0.196. The van der Waals surface area contributed by atoms with Crippen molar-refractivity contribution in [2.75, 3.05) is 0 Å². The van der Waals surface area contributed by atoms with E-state index in [1.54, 1.807) is 0 Å². The molecule has 2 nitrogen and oxygen atoms in total. The maximum absolute atomic E-state index is 11.9. The van der Waals surface area contributed by atoms with E-state index < -0.39 is 12.0 Å². The smallest absolute Gasteiger partial charge is 0.266 e. The zero-order chi connectivity index (χ0) is 8.85. The molecule has 62 valence electrons. The van der Waals surface area contributed by atoms with Crippen LogP contribution >= 0.6 is 0 Å². The van der Waals surface area contributed by atoms with Gasteiger partial charge in [0.05, 0.1) is 5.57 Å². The number of halogens is 2. The highest BCUT2D eigenvalue weighted by Gasteiger charge is 2.11. The zero-order valence-corrected chi connectivity index (χ0v) is 5.98. The minimum Gasteiger partial charge on any atom is -0.401 e. The van der Waals surface area contributed by atoms with Crippen LogP contribution in [-0.4, -0.2) is 12.6 Å². The largest absolute Gasteiger partial charge is 0.401 e. The second-order valence-corrected chi connectivity index (χ2v) is 1.92. The molecular formula is C7H10F2N2. The van der Waals surface area contributed by atoms with Crippen molar-refractivity contribution in [1.82, 2.24) is 0 Å². The second-order valence-electron chi connectivity index (χ2n) is 1.92. The quantitative estimate of drug-likeness (QED) is 0.477. The number of allylic oxidation sites excluding steroid dienone is 2. The van der Waals surface area contributed by atoms with Crippen molar-refractivity contribution >= 4 is 6.21 Å². The maximum Gasteiger partial charge on any atom is 0.266 e. The normalized spacial score (nSPS) is 12.6. The predicted molar refractivity (Wildman–Crippen MR) is 40.8 cm³/mol. The van der Waals surface area contributed by atoms with Crippen LogP contribution in [0.15, 0.2) is 23.9 Å². The van der Waals surface area contributed by atoms with Crippen LogP contribution in [0.5, 0.6) is 0 Å². The summed E-state index contributed by atoms with van der Waals surface area (Å²) in [6.45, 7) is 3.34. The summed E-state index contributed by atoms with van der Waals surface area (Å²) in [6, 6.07) is 0. The summed E-state index contributed by atoms with van der Waals surface area (Å²) in [7, 11) is 0. The van der Waals surface area contributed by atoms with E-state index in [1.807, 2.05) is 0 Å². The minimum absolute atomic E-state index is 0.00463. The Labute approximate surface area is 63.9 Å². The van der Waals surface area contributed by atoms with E-state index >= 15 is 0 Å². The van der Waals surface area contributed by atoms with Crippen LogP contribution in [0.2, 0.25) is 0 Å². The van der Waals surface area contributed by atoms with Crippen LogP contribution in [0.4, 0.5) is 8.78 Å². The molecule has 0 aliphatic heterocycles. The van der Waals surface area contributed by atoms with Crippen LogP contribution in [0.3, 0.4) is 0 Å². The SMILES string of the molecule is C=CCC(N)=C(C=N)C(F)F. The molecule has 0 aliphatic rings. The fraction of sp³-hybridized carbons (Fsp3) is 0.286. The molecule has 0 fully saturated rings. The van der Waals surface area contributed by atoms with Crippen molar-refractivity contribution in [3.63, 3.8) is 0 Å². The van der Waals surface area contributed by atoms with E-state index in [0.29, 0.717) is 6.21 Å². The standard InChI is InChI=1S/C7H10F2N2/c1-2-3-6(11)5(4-10)7(8)9/h2,4,7,10H,1,3,11H2. The molecule has 4 heteroatoms. The van der Waals surface area contributed by atoms with Crippen molar-refractivity contribution < 1.29 is 8.78 Å². The maximum atomic E-state index is 11.9. The lowest BCUT2D eigenvalue weighted by Crippen LogP contribution is -2.09. The molecule has 0 atom stereocenters. The Bertz CT molecular complexity index is 185. The number of rotatable bonds is 4. The van der Waals surface area contributed by atoms with Crippen LogP contribution in [0.25, 0.3) is 0 Å². The van der Waals surface area contributed by atoms with Gasteiger partial charge < -0.3 is 11.1 Å². The first-order chi connectivity index (χ1) is 5.13. The molecule has 11 heavy (non-hydrogen) atoms. The molecular weight excluding hydrogens is 150 g/mol. The summed E-state index contributed by atoms with van der Waals surface area (Å²) < 4.78 is 23.9. The predicted octanol–water partition coefficient (Wildman–Crippen LogP) is 1.69.